The van der Waals surface area contributed by atoms with Crippen LogP contribution in [-0.2, 0) is 5.41 Å². The van der Waals surface area contributed by atoms with Crippen molar-refractivity contribution in [1.82, 2.24) is 9.97 Å². The van der Waals surface area contributed by atoms with Gasteiger partial charge in [0.15, 0.2) is 0 Å². The van der Waals surface area contributed by atoms with E-state index >= 15 is 0 Å². The molecule has 0 spiro atoms. The Balaban J connectivity index is 3.01. The molecule has 0 radical (unpaired) electrons. The molecular weight excluding hydrogens is 174 g/mol. The van der Waals surface area contributed by atoms with Crippen molar-refractivity contribution in [2.24, 2.45) is 0 Å². The third-order valence-corrected chi connectivity index (χ3v) is 2.26. The van der Waals surface area contributed by atoms with E-state index in [-0.39, 0.29) is 5.41 Å². The lowest BCUT2D eigenvalue weighted by molar-refractivity contribution is 0.565. The molecule has 14 heavy (non-hydrogen) atoms. The molecular formula is C11H19N3. The predicted octanol–water partition coefficient (Wildman–Crippen LogP) is 2.23. The molecule has 3 nitrogen and oxygen atoms in total. The molecule has 1 aromatic heterocycles. The van der Waals surface area contributed by atoms with Crippen molar-refractivity contribution in [2.45, 2.75) is 33.1 Å². The molecule has 0 aliphatic rings. The fourth-order valence-corrected chi connectivity index (χ4v) is 1.06. The van der Waals surface area contributed by atoms with Crippen LogP contribution in [0.1, 0.15) is 33.4 Å². The molecule has 1 heterocycles. The van der Waals surface area contributed by atoms with Crippen LogP contribution in [0.2, 0.25) is 0 Å². The number of rotatable bonds is 2. The number of nitrogens with zero attached hydrogens (tertiary/aromatic N) is 3. The summed E-state index contributed by atoms with van der Waals surface area (Å²) in [5, 5.41) is 0. The molecule has 0 saturated heterocycles. The van der Waals surface area contributed by atoms with Gasteiger partial charge in [0.25, 0.3) is 0 Å². The minimum absolute atomic E-state index is 0.0671. The van der Waals surface area contributed by atoms with Crippen molar-refractivity contribution in [3.05, 3.63) is 18.1 Å². The second kappa shape index (κ2) is 3.95. The van der Waals surface area contributed by atoms with Gasteiger partial charge in [-0.1, -0.05) is 20.8 Å². The van der Waals surface area contributed by atoms with Crippen LogP contribution in [-0.4, -0.2) is 23.6 Å². The van der Waals surface area contributed by atoms with Crippen molar-refractivity contribution < 1.29 is 0 Å². The van der Waals surface area contributed by atoms with E-state index in [2.05, 4.69) is 42.6 Å². The van der Waals surface area contributed by atoms with Gasteiger partial charge in [-0.2, -0.15) is 0 Å². The SMILES string of the molecule is CCN(C)c1cncc(C(C)(C)C)n1. The van der Waals surface area contributed by atoms with Crippen LogP contribution in [0.4, 0.5) is 5.82 Å². The molecule has 1 aromatic rings. The summed E-state index contributed by atoms with van der Waals surface area (Å²) in [7, 11) is 2.02. The minimum Gasteiger partial charge on any atom is -0.359 e. The summed E-state index contributed by atoms with van der Waals surface area (Å²) in [5.41, 5.74) is 1.10. The maximum absolute atomic E-state index is 4.58. The molecule has 0 bridgehead atoms. The van der Waals surface area contributed by atoms with Crippen molar-refractivity contribution in [1.29, 1.82) is 0 Å². The van der Waals surface area contributed by atoms with Gasteiger partial charge in [0.2, 0.25) is 0 Å². The summed E-state index contributed by atoms with van der Waals surface area (Å²) in [6.45, 7) is 9.49. The van der Waals surface area contributed by atoms with Gasteiger partial charge >= 0.3 is 0 Å². The largest absolute Gasteiger partial charge is 0.359 e. The van der Waals surface area contributed by atoms with Gasteiger partial charge in [0.1, 0.15) is 5.82 Å². The molecule has 0 saturated carbocycles. The highest BCUT2D eigenvalue weighted by Crippen LogP contribution is 2.20. The molecule has 0 unspecified atom stereocenters. The Hall–Kier alpha value is -1.12. The van der Waals surface area contributed by atoms with E-state index in [4.69, 9.17) is 0 Å². The smallest absolute Gasteiger partial charge is 0.147 e. The van der Waals surface area contributed by atoms with Crippen LogP contribution in [0.5, 0.6) is 0 Å². The van der Waals surface area contributed by atoms with Gasteiger partial charge in [-0.15, -0.1) is 0 Å². The van der Waals surface area contributed by atoms with Gasteiger partial charge in [-0.25, -0.2) is 4.98 Å². The average molecular weight is 193 g/mol. The molecule has 3 heteroatoms. The molecule has 1 rings (SSSR count). The second-order valence-corrected chi connectivity index (χ2v) is 4.53. The summed E-state index contributed by atoms with van der Waals surface area (Å²) in [6, 6.07) is 0. The predicted molar refractivity (Wildman–Crippen MR) is 59.7 cm³/mol. The van der Waals surface area contributed by atoms with Gasteiger partial charge in [-0.05, 0) is 6.92 Å². The third kappa shape index (κ3) is 2.44. The Bertz CT molecular complexity index is 302. The van der Waals surface area contributed by atoms with Crippen LogP contribution >= 0.6 is 0 Å². The second-order valence-electron chi connectivity index (χ2n) is 4.53. The highest BCUT2D eigenvalue weighted by molar-refractivity contribution is 5.35. The summed E-state index contributed by atoms with van der Waals surface area (Å²) in [5.74, 6) is 0.944. The first-order valence-corrected chi connectivity index (χ1v) is 4.99. The molecule has 0 amide bonds. The summed E-state index contributed by atoms with van der Waals surface area (Å²) in [4.78, 5) is 10.9. The van der Waals surface area contributed by atoms with Crippen molar-refractivity contribution in [3.63, 3.8) is 0 Å². The lowest BCUT2D eigenvalue weighted by Gasteiger charge is -2.21. The summed E-state index contributed by atoms with van der Waals surface area (Å²) >= 11 is 0. The molecule has 78 valence electrons. The van der Waals surface area contributed by atoms with Gasteiger partial charge in [-0.3, -0.25) is 4.98 Å². The lowest BCUT2D eigenvalue weighted by Crippen LogP contribution is -2.21. The number of hydrogen-bond donors (Lipinski definition) is 0. The first-order valence-electron chi connectivity index (χ1n) is 4.99. The van der Waals surface area contributed by atoms with Crippen LogP contribution in [0.15, 0.2) is 12.4 Å². The topological polar surface area (TPSA) is 29.0 Å². The third-order valence-electron chi connectivity index (χ3n) is 2.26. The van der Waals surface area contributed by atoms with Gasteiger partial charge < -0.3 is 4.90 Å². The van der Waals surface area contributed by atoms with Crippen LogP contribution in [0.25, 0.3) is 0 Å². The molecule has 0 aromatic carbocycles. The van der Waals surface area contributed by atoms with E-state index in [0.29, 0.717) is 0 Å². The molecule has 0 atom stereocenters. The van der Waals surface area contributed by atoms with E-state index in [9.17, 15) is 0 Å². The van der Waals surface area contributed by atoms with E-state index in [1.165, 1.54) is 0 Å². The zero-order valence-corrected chi connectivity index (χ0v) is 9.70. The van der Waals surface area contributed by atoms with Gasteiger partial charge in [0.05, 0.1) is 11.9 Å². The maximum atomic E-state index is 4.58. The Morgan fingerprint density at radius 1 is 1.29 bits per heavy atom. The normalized spacial score (nSPS) is 11.5. The zero-order valence-electron chi connectivity index (χ0n) is 9.70. The molecule has 0 aliphatic heterocycles. The van der Waals surface area contributed by atoms with Crippen molar-refractivity contribution in [2.75, 3.05) is 18.5 Å². The quantitative estimate of drug-likeness (QED) is 0.721. The molecule has 0 N–H and O–H groups in total. The Morgan fingerprint density at radius 3 is 2.43 bits per heavy atom. The van der Waals surface area contributed by atoms with Crippen molar-refractivity contribution >= 4 is 5.82 Å². The monoisotopic (exact) mass is 193 g/mol. The first-order chi connectivity index (χ1) is 6.45. The standard InChI is InChI=1S/C11H19N3/c1-6-14(5)10-8-12-7-9(13-10)11(2,3)4/h7-8H,6H2,1-5H3. The number of anilines is 1. The van der Waals surface area contributed by atoms with E-state index in [0.717, 1.165) is 18.1 Å². The van der Waals surface area contributed by atoms with Crippen molar-refractivity contribution in [3.8, 4) is 0 Å². The first kappa shape index (κ1) is 11.0. The van der Waals surface area contributed by atoms with Gasteiger partial charge in [0, 0.05) is 25.2 Å². The summed E-state index contributed by atoms with van der Waals surface area (Å²) in [6.07, 6.45) is 3.64. The molecule has 0 fully saturated rings. The minimum atomic E-state index is 0.0671. The molecule has 0 aliphatic carbocycles. The highest BCUT2D eigenvalue weighted by atomic mass is 15.2. The number of hydrogen-bond acceptors (Lipinski definition) is 3. The fraction of sp³-hybridized carbons (Fsp3) is 0.636. The Kier molecular flexibility index (Phi) is 3.09. The zero-order chi connectivity index (χ0) is 10.8. The number of aromatic nitrogens is 2. The van der Waals surface area contributed by atoms with Crippen LogP contribution in [0.3, 0.4) is 0 Å². The lowest BCUT2D eigenvalue weighted by atomic mass is 9.93. The van der Waals surface area contributed by atoms with E-state index < -0.39 is 0 Å². The highest BCUT2D eigenvalue weighted by Gasteiger charge is 2.16. The summed E-state index contributed by atoms with van der Waals surface area (Å²) < 4.78 is 0. The Morgan fingerprint density at radius 2 is 1.93 bits per heavy atom. The van der Waals surface area contributed by atoms with Crippen LogP contribution in [0, 0.1) is 0 Å². The fourth-order valence-electron chi connectivity index (χ4n) is 1.06. The Labute approximate surface area is 86.2 Å². The maximum Gasteiger partial charge on any atom is 0.147 e. The van der Waals surface area contributed by atoms with E-state index in [1.54, 1.807) is 6.20 Å². The average Bonchev–Trinajstić information content (AvgIpc) is 2.15. The van der Waals surface area contributed by atoms with E-state index in [1.807, 2.05) is 13.2 Å². The van der Waals surface area contributed by atoms with Crippen LogP contribution < -0.4 is 4.90 Å².